The number of hydrogen-bond donors (Lipinski definition) is 1. The van der Waals surface area contributed by atoms with Crippen molar-refractivity contribution in [1.82, 2.24) is 10.3 Å². The molecular weight excluding hydrogens is 388 g/mol. The molecule has 1 aromatic heterocycles. The molecule has 2 aromatic carbocycles. The first-order valence-electron chi connectivity index (χ1n) is 9.04. The van der Waals surface area contributed by atoms with Crippen LogP contribution in [-0.4, -0.2) is 33.0 Å². The van der Waals surface area contributed by atoms with Gasteiger partial charge in [0.25, 0.3) is 5.91 Å². The lowest BCUT2D eigenvalue weighted by atomic mass is 10.1. The van der Waals surface area contributed by atoms with Gasteiger partial charge >= 0.3 is 0 Å². The van der Waals surface area contributed by atoms with Gasteiger partial charge in [-0.15, -0.1) is 0 Å². The van der Waals surface area contributed by atoms with Crippen molar-refractivity contribution in [3.8, 4) is 5.75 Å². The Morgan fingerprint density at radius 3 is 2.48 bits per heavy atom. The number of ether oxygens (including phenoxy) is 1. The molecule has 0 aliphatic rings. The summed E-state index contributed by atoms with van der Waals surface area (Å²) in [6.45, 7) is 1.82. The zero-order chi connectivity index (χ0) is 20.9. The van der Waals surface area contributed by atoms with Crippen LogP contribution < -0.4 is 10.1 Å². The molecule has 1 heterocycles. The summed E-state index contributed by atoms with van der Waals surface area (Å²) in [6, 6.07) is 16.7. The van der Waals surface area contributed by atoms with Crippen LogP contribution in [0.3, 0.4) is 0 Å². The molecule has 1 N–H and O–H groups in total. The summed E-state index contributed by atoms with van der Waals surface area (Å²) in [5, 5.41) is 1.78. The van der Waals surface area contributed by atoms with E-state index in [0.29, 0.717) is 16.9 Å². The number of carbonyl (C=O) groups excluding carboxylic acids is 1. The van der Waals surface area contributed by atoms with E-state index >= 15 is 0 Å². The third-order valence-corrected chi connectivity index (χ3v) is 6.66. The molecule has 0 aliphatic carbocycles. The first kappa shape index (κ1) is 20.5. The predicted molar refractivity (Wildman–Crippen MR) is 111 cm³/mol. The molecule has 0 bridgehead atoms. The Hall–Kier alpha value is -3.19. The van der Waals surface area contributed by atoms with Crippen LogP contribution in [0.5, 0.6) is 5.75 Å². The molecule has 0 saturated heterocycles. The van der Waals surface area contributed by atoms with Crippen LogP contribution in [0.25, 0.3) is 0 Å². The molecule has 0 unspecified atom stereocenters. The topological polar surface area (TPSA) is 85.4 Å². The van der Waals surface area contributed by atoms with Crippen molar-refractivity contribution in [2.75, 3.05) is 13.7 Å². The summed E-state index contributed by atoms with van der Waals surface area (Å²) in [7, 11) is -2.26. The summed E-state index contributed by atoms with van der Waals surface area (Å²) in [4.78, 5) is 16.7. The van der Waals surface area contributed by atoms with Gasteiger partial charge in [-0.2, -0.15) is 0 Å². The Morgan fingerprint density at radius 1 is 1.10 bits per heavy atom. The van der Waals surface area contributed by atoms with Gasteiger partial charge in [-0.3, -0.25) is 9.78 Å². The fourth-order valence-electron chi connectivity index (χ4n) is 2.98. The minimum absolute atomic E-state index is 0.0766. The molecule has 150 valence electrons. The van der Waals surface area contributed by atoms with Crippen molar-refractivity contribution in [3.05, 3.63) is 89.7 Å². The summed E-state index contributed by atoms with van der Waals surface area (Å²) in [6.07, 6.45) is 3.08. The number of methoxy groups -OCH3 is 1. The summed E-state index contributed by atoms with van der Waals surface area (Å²) < 4.78 is 31.7. The van der Waals surface area contributed by atoms with Crippen LogP contribution in [0.4, 0.5) is 0 Å². The highest BCUT2D eigenvalue weighted by atomic mass is 32.2. The van der Waals surface area contributed by atoms with Gasteiger partial charge in [0.1, 0.15) is 11.0 Å². The maximum atomic E-state index is 13.3. The van der Waals surface area contributed by atoms with E-state index in [1.54, 1.807) is 48.7 Å². The van der Waals surface area contributed by atoms with Gasteiger partial charge in [0.15, 0.2) is 9.84 Å². The number of hydrogen-bond acceptors (Lipinski definition) is 5. The zero-order valence-corrected chi connectivity index (χ0v) is 17.0. The van der Waals surface area contributed by atoms with Gasteiger partial charge in [0, 0.05) is 24.5 Å². The largest absolute Gasteiger partial charge is 0.497 e. The highest BCUT2D eigenvalue weighted by molar-refractivity contribution is 7.91. The van der Waals surface area contributed by atoms with Crippen molar-refractivity contribution in [3.63, 3.8) is 0 Å². The first-order valence-corrected chi connectivity index (χ1v) is 10.6. The number of aromatic nitrogens is 1. The summed E-state index contributed by atoms with van der Waals surface area (Å²) >= 11 is 0. The molecule has 0 radical (unpaired) electrons. The SMILES string of the molecule is COc1ccc(S(=O)(=O)[C@H](CNC(=O)c2cccc(C)c2)c2cccnc2)cc1. The van der Waals surface area contributed by atoms with Crippen LogP contribution >= 0.6 is 0 Å². The van der Waals surface area contributed by atoms with E-state index in [9.17, 15) is 13.2 Å². The number of aryl methyl sites for hydroxylation is 1. The third kappa shape index (κ3) is 4.81. The normalized spacial score (nSPS) is 12.2. The molecule has 3 aromatic rings. The Bertz CT molecular complexity index is 1080. The maximum Gasteiger partial charge on any atom is 0.251 e. The van der Waals surface area contributed by atoms with Gasteiger partial charge in [-0.05, 0) is 55.0 Å². The van der Waals surface area contributed by atoms with E-state index in [1.165, 1.54) is 25.4 Å². The van der Waals surface area contributed by atoms with E-state index in [0.717, 1.165) is 5.56 Å². The molecule has 3 rings (SSSR count). The van der Waals surface area contributed by atoms with Crippen molar-refractivity contribution >= 4 is 15.7 Å². The molecule has 7 heteroatoms. The number of nitrogens with zero attached hydrogens (tertiary/aromatic N) is 1. The van der Waals surface area contributed by atoms with Crippen molar-refractivity contribution in [1.29, 1.82) is 0 Å². The van der Waals surface area contributed by atoms with Crippen molar-refractivity contribution in [2.45, 2.75) is 17.1 Å². The van der Waals surface area contributed by atoms with Crippen LogP contribution in [0.15, 0.2) is 78.0 Å². The van der Waals surface area contributed by atoms with Gasteiger partial charge in [0.05, 0.1) is 12.0 Å². The van der Waals surface area contributed by atoms with E-state index in [2.05, 4.69) is 10.3 Å². The number of pyridine rings is 1. The van der Waals surface area contributed by atoms with E-state index in [1.807, 2.05) is 13.0 Å². The Balaban J connectivity index is 1.89. The Kier molecular flexibility index (Phi) is 6.29. The molecule has 0 fully saturated rings. The lowest BCUT2D eigenvalue weighted by molar-refractivity contribution is 0.0953. The van der Waals surface area contributed by atoms with Crippen LogP contribution in [0.2, 0.25) is 0 Å². The van der Waals surface area contributed by atoms with Crippen molar-refractivity contribution in [2.24, 2.45) is 0 Å². The number of benzene rings is 2. The predicted octanol–water partition coefficient (Wildman–Crippen LogP) is 3.34. The number of amides is 1. The standard InChI is InChI=1S/C22H22N2O4S/c1-16-5-3-6-17(13-16)22(25)24-15-21(18-7-4-12-23-14-18)29(26,27)20-10-8-19(28-2)9-11-20/h3-14,21H,15H2,1-2H3,(H,24,25)/t21-/m1/s1. The van der Waals surface area contributed by atoms with E-state index in [-0.39, 0.29) is 17.3 Å². The minimum atomic E-state index is -3.78. The first-order chi connectivity index (χ1) is 13.9. The molecule has 0 saturated carbocycles. The number of nitrogens with one attached hydrogen (secondary N) is 1. The van der Waals surface area contributed by atoms with Crippen LogP contribution in [-0.2, 0) is 9.84 Å². The van der Waals surface area contributed by atoms with Gasteiger partial charge < -0.3 is 10.1 Å². The van der Waals surface area contributed by atoms with E-state index in [4.69, 9.17) is 4.74 Å². The van der Waals surface area contributed by atoms with Crippen LogP contribution in [0, 0.1) is 6.92 Å². The fourth-order valence-corrected chi connectivity index (χ4v) is 4.62. The second-order valence-corrected chi connectivity index (χ2v) is 8.71. The second kappa shape index (κ2) is 8.87. The molecular formula is C22H22N2O4S. The Labute approximate surface area is 170 Å². The average molecular weight is 410 g/mol. The fraction of sp³-hybridized carbons (Fsp3) is 0.182. The summed E-state index contributed by atoms with van der Waals surface area (Å²) in [5.41, 5.74) is 1.94. The zero-order valence-electron chi connectivity index (χ0n) is 16.2. The quantitative estimate of drug-likeness (QED) is 0.646. The smallest absolute Gasteiger partial charge is 0.251 e. The highest BCUT2D eigenvalue weighted by Gasteiger charge is 2.30. The average Bonchev–Trinajstić information content (AvgIpc) is 2.74. The number of rotatable bonds is 7. The number of sulfone groups is 1. The molecule has 1 amide bonds. The third-order valence-electron chi connectivity index (χ3n) is 4.55. The molecule has 0 aliphatic heterocycles. The minimum Gasteiger partial charge on any atom is -0.497 e. The maximum absolute atomic E-state index is 13.3. The lowest BCUT2D eigenvalue weighted by Gasteiger charge is -2.19. The van der Waals surface area contributed by atoms with Crippen molar-refractivity contribution < 1.29 is 17.9 Å². The van der Waals surface area contributed by atoms with Crippen LogP contribution in [0.1, 0.15) is 26.7 Å². The second-order valence-electron chi connectivity index (χ2n) is 6.58. The highest BCUT2D eigenvalue weighted by Crippen LogP contribution is 2.29. The van der Waals surface area contributed by atoms with Gasteiger partial charge in [0.2, 0.25) is 0 Å². The Morgan fingerprint density at radius 2 is 1.86 bits per heavy atom. The monoisotopic (exact) mass is 410 g/mol. The molecule has 0 spiro atoms. The lowest BCUT2D eigenvalue weighted by Crippen LogP contribution is -2.32. The molecule has 6 nitrogen and oxygen atoms in total. The number of carbonyl (C=O) groups is 1. The van der Waals surface area contributed by atoms with Gasteiger partial charge in [-0.1, -0.05) is 23.8 Å². The summed E-state index contributed by atoms with van der Waals surface area (Å²) in [5.74, 6) is 0.238. The molecule has 1 atom stereocenters. The molecule has 29 heavy (non-hydrogen) atoms. The van der Waals surface area contributed by atoms with E-state index < -0.39 is 15.1 Å². The van der Waals surface area contributed by atoms with Gasteiger partial charge in [-0.25, -0.2) is 8.42 Å².